The minimum atomic E-state index is -0.555. The highest BCUT2D eigenvalue weighted by atomic mass is 19.1. The Morgan fingerprint density at radius 1 is 1.27 bits per heavy atom. The van der Waals surface area contributed by atoms with Crippen LogP contribution in [0.15, 0.2) is 54.7 Å². The van der Waals surface area contributed by atoms with E-state index < -0.39 is 17.8 Å². The van der Waals surface area contributed by atoms with Crippen molar-refractivity contribution in [3.8, 4) is 17.2 Å². The number of halogens is 1. The quantitative estimate of drug-likeness (QED) is 0.737. The van der Waals surface area contributed by atoms with E-state index in [-0.39, 0.29) is 17.2 Å². The lowest BCUT2D eigenvalue weighted by Crippen LogP contribution is -2.27. The van der Waals surface area contributed by atoms with E-state index in [9.17, 15) is 14.3 Å². The second-order valence-electron chi connectivity index (χ2n) is 5.73. The number of amides is 1. The van der Waals surface area contributed by atoms with E-state index in [1.165, 1.54) is 30.1 Å². The fraction of sp³-hybridized carbons (Fsp3) is 0.158. The van der Waals surface area contributed by atoms with Crippen LogP contribution in [0.3, 0.4) is 0 Å². The SMILES string of the molecule is COc1ccc(C(C)NC(=O)c2nn(-c3ccccc3)cc2O)cc1F. The minimum Gasteiger partial charge on any atom is -0.504 e. The van der Waals surface area contributed by atoms with Crippen molar-refractivity contribution >= 4 is 5.91 Å². The fourth-order valence-corrected chi connectivity index (χ4v) is 2.54. The van der Waals surface area contributed by atoms with Gasteiger partial charge in [-0.05, 0) is 36.8 Å². The summed E-state index contributed by atoms with van der Waals surface area (Å²) in [4.78, 5) is 12.4. The lowest BCUT2D eigenvalue weighted by molar-refractivity contribution is 0.0931. The van der Waals surface area contributed by atoms with Gasteiger partial charge in [-0.2, -0.15) is 5.10 Å². The predicted octanol–water partition coefficient (Wildman–Crippen LogP) is 3.22. The zero-order valence-electron chi connectivity index (χ0n) is 14.3. The molecule has 1 aromatic heterocycles. The standard InChI is InChI=1S/C19H18FN3O3/c1-12(13-8-9-17(26-2)15(20)10-13)21-19(25)18-16(24)11-23(22-18)14-6-4-3-5-7-14/h3-12,24H,1-2H3,(H,21,25). The van der Waals surface area contributed by atoms with E-state index in [2.05, 4.69) is 10.4 Å². The molecule has 2 aromatic carbocycles. The van der Waals surface area contributed by atoms with Crippen LogP contribution in [0, 0.1) is 5.82 Å². The van der Waals surface area contributed by atoms with Gasteiger partial charge < -0.3 is 15.2 Å². The molecule has 0 spiro atoms. The highest BCUT2D eigenvalue weighted by Crippen LogP contribution is 2.23. The van der Waals surface area contributed by atoms with Crippen molar-refractivity contribution in [3.05, 3.63) is 71.8 Å². The summed E-state index contributed by atoms with van der Waals surface area (Å²) in [5.74, 6) is -1.17. The molecule has 0 radical (unpaired) electrons. The highest BCUT2D eigenvalue weighted by molar-refractivity contribution is 5.95. The molecule has 1 unspecified atom stereocenters. The molecule has 0 saturated carbocycles. The van der Waals surface area contributed by atoms with Gasteiger partial charge in [-0.15, -0.1) is 0 Å². The third-order valence-corrected chi connectivity index (χ3v) is 3.95. The van der Waals surface area contributed by atoms with Crippen LogP contribution in [0.5, 0.6) is 11.5 Å². The Morgan fingerprint density at radius 2 is 2.00 bits per heavy atom. The van der Waals surface area contributed by atoms with Crippen molar-refractivity contribution < 1.29 is 19.0 Å². The molecule has 134 valence electrons. The first-order valence-electron chi connectivity index (χ1n) is 7.98. The molecule has 0 aliphatic heterocycles. The third-order valence-electron chi connectivity index (χ3n) is 3.95. The Hall–Kier alpha value is -3.35. The maximum atomic E-state index is 13.8. The number of rotatable bonds is 5. The first-order valence-corrected chi connectivity index (χ1v) is 7.98. The van der Waals surface area contributed by atoms with Crippen molar-refractivity contribution in [2.75, 3.05) is 7.11 Å². The zero-order chi connectivity index (χ0) is 18.7. The normalized spacial score (nSPS) is 11.8. The summed E-state index contributed by atoms with van der Waals surface area (Å²) in [5, 5.41) is 16.9. The fourth-order valence-electron chi connectivity index (χ4n) is 2.54. The second kappa shape index (κ2) is 7.26. The molecule has 1 heterocycles. The molecule has 3 rings (SSSR count). The first kappa shape index (κ1) is 17.5. The van der Waals surface area contributed by atoms with Gasteiger partial charge in [0, 0.05) is 0 Å². The Morgan fingerprint density at radius 3 is 2.65 bits per heavy atom. The number of carbonyl (C=O) groups is 1. The van der Waals surface area contributed by atoms with Crippen LogP contribution in [-0.2, 0) is 0 Å². The summed E-state index contributed by atoms with van der Waals surface area (Å²) in [6, 6.07) is 13.1. The average molecular weight is 355 g/mol. The first-order chi connectivity index (χ1) is 12.5. The zero-order valence-corrected chi connectivity index (χ0v) is 14.3. The molecule has 0 bridgehead atoms. The van der Waals surface area contributed by atoms with E-state index in [0.29, 0.717) is 11.3 Å². The van der Waals surface area contributed by atoms with Crippen LogP contribution >= 0.6 is 0 Å². The molecule has 6 nitrogen and oxygen atoms in total. The monoisotopic (exact) mass is 355 g/mol. The maximum Gasteiger partial charge on any atom is 0.276 e. The molecule has 0 fully saturated rings. The molecule has 3 aromatic rings. The minimum absolute atomic E-state index is 0.102. The molecule has 26 heavy (non-hydrogen) atoms. The van der Waals surface area contributed by atoms with E-state index >= 15 is 0 Å². The van der Waals surface area contributed by atoms with Crippen molar-refractivity contribution in [2.24, 2.45) is 0 Å². The predicted molar refractivity (Wildman–Crippen MR) is 94.1 cm³/mol. The van der Waals surface area contributed by atoms with Gasteiger partial charge in [-0.3, -0.25) is 4.79 Å². The van der Waals surface area contributed by atoms with Crippen molar-refractivity contribution in [3.63, 3.8) is 0 Å². The molecular weight excluding hydrogens is 337 g/mol. The van der Waals surface area contributed by atoms with Gasteiger partial charge in [-0.1, -0.05) is 24.3 Å². The molecular formula is C19H18FN3O3. The molecule has 2 N–H and O–H groups in total. The van der Waals surface area contributed by atoms with E-state index in [1.54, 1.807) is 25.1 Å². The number of hydrogen-bond donors (Lipinski definition) is 2. The van der Waals surface area contributed by atoms with Gasteiger partial charge in [0.25, 0.3) is 5.91 Å². The lowest BCUT2D eigenvalue weighted by atomic mass is 10.1. The highest BCUT2D eigenvalue weighted by Gasteiger charge is 2.20. The molecule has 1 amide bonds. The number of nitrogens with zero attached hydrogens (tertiary/aromatic N) is 2. The van der Waals surface area contributed by atoms with E-state index in [1.807, 2.05) is 18.2 Å². The van der Waals surface area contributed by atoms with Crippen LogP contribution in [0.1, 0.15) is 29.0 Å². The number of methoxy groups -OCH3 is 1. The van der Waals surface area contributed by atoms with Gasteiger partial charge in [0.1, 0.15) is 0 Å². The van der Waals surface area contributed by atoms with Gasteiger partial charge in [0.05, 0.1) is 25.0 Å². The Labute approximate surface area is 149 Å². The number of hydrogen-bond acceptors (Lipinski definition) is 4. The number of aromatic hydroxyl groups is 1. The number of benzene rings is 2. The van der Waals surface area contributed by atoms with E-state index in [0.717, 1.165) is 0 Å². The van der Waals surface area contributed by atoms with Crippen molar-refractivity contribution in [1.29, 1.82) is 0 Å². The number of aromatic nitrogens is 2. The topological polar surface area (TPSA) is 76.4 Å². The largest absolute Gasteiger partial charge is 0.504 e. The summed E-state index contributed by atoms with van der Waals surface area (Å²) < 4.78 is 20.1. The summed E-state index contributed by atoms with van der Waals surface area (Å²) in [6.07, 6.45) is 1.36. The number of nitrogens with one attached hydrogen (secondary N) is 1. The molecule has 0 aliphatic carbocycles. The van der Waals surface area contributed by atoms with Crippen LogP contribution in [0.4, 0.5) is 4.39 Å². The van der Waals surface area contributed by atoms with Gasteiger partial charge in [0.15, 0.2) is 23.0 Å². The molecule has 0 saturated heterocycles. The number of ether oxygens (including phenoxy) is 1. The Balaban J connectivity index is 1.78. The third kappa shape index (κ3) is 3.51. The maximum absolute atomic E-state index is 13.8. The Kier molecular flexibility index (Phi) is 4.88. The molecule has 1 atom stereocenters. The van der Waals surface area contributed by atoms with Crippen molar-refractivity contribution in [1.82, 2.24) is 15.1 Å². The van der Waals surface area contributed by atoms with E-state index in [4.69, 9.17) is 4.74 Å². The van der Waals surface area contributed by atoms with Crippen LogP contribution < -0.4 is 10.1 Å². The summed E-state index contributed by atoms with van der Waals surface area (Å²) in [5.41, 5.74) is 1.18. The summed E-state index contributed by atoms with van der Waals surface area (Å²) in [7, 11) is 1.38. The summed E-state index contributed by atoms with van der Waals surface area (Å²) >= 11 is 0. The Bertz CT molecular complexity index is 925. The van der Waals surface area contributed by atoms with Gasteiger partial charge in [0.2, 0.25) is 0 Å². The number of para-hydroxylation sites is 1. The number of carbonyl (C=O) groups excluding carboxylic acids is 1. The van der Waals surface area contributed by atoms with Crippen LogP contribution in [0.25, 0.3) is 5.69 Å². The van der Waals surface area contributed by atoms with Crippen molar-refractivity contribution in [2.45, 2.75) is 13.0 Å². The summed E-state index contributed by atoms with van der Waals surface area (Å²) in [6.45, 7) is 1.71. The van der Waals surface area contributed by atoms with Gasteiger partial charge >= 0.3 is 0 Å². The van der Waals surface area contributed by atoms with Crippen LogP contribution in [-0.4, -0.2) is 27.9 Å². The average Bonchev–Trinajstić information content (AvgIpc) is 3.04. The van der Waals surface area contributed by atoms with Gasteiger partial charge in [-0.25, -0.2) is 9.07 Å². The van der Waals surface area contributed by atoms with Crippen LogP contribution in [0.2, 0.25) is 0 Å². The lowest BCUT2D eigenvalue weighted by Gasteiger charge is -2.14. The smallest absolute Gasteiger partial charge is 0.276 e. The molecule has 0 aliphatic rings. The second-order valence-corrected chi connectivity index (χ2v) is 5.73. The molecule has 7 heteroatoms.